The van der Waals surface area contributed by atoms with Crippen LogP contribution in [-0.2, 0) is 0 Å². The number of rotatable bonds is 5. The van der Waals surface area contributed by atoms with Gasteiger partial charge in [-0.1, -0.05) is 60.2 Å². The number of aryl methyl sites for hydroxylation is 1. The van der Waals surface area contributed by atoms with Crippen LogP contribution in [0.2, 0.25) is 0 Å². The maximum absolute atomic E-state index is 11.9. The van der Waals surface area contributed by atoms with Gasteiger partial charge in [-0.05, 0) is 13.0 Å². The zero-order chi connectivity index (χ0) is 12.8. The molecule has 19 heavy (non-hydrogen) atoms. The van der Waals surface area contributed by atoms with Crippen molar-refractivity contribution in [3.05, 3.63) is 53.9 Å². The van der Waals surface area contributed by atoms with E-state index < -0.39 is 6.10 Å². The molecule has 0 bridgehead atoms. The second kappa shape index (κ2) is 9.23. The summed E-state index contributed by atoms with van der Waals surface area (Å²) in [5.41, 5.74) is 1.80. The number of hydrogen-bond acceptors (Lipinski definition) is 4. The third kappa shape index (κ3) is 6.04. The van der Waals surface area contributed by atoms with Gasteiger partial charge < -0.3 is 5.11 Å². The topological polar surface area (TPSA) is 48.8 Å². The summed E-state index contributed by atoms with van der Waals surface area (Å²) < 4.78 is 0. The first kappa shape index (κ1) is 17.3. The maximum Gasteiger partial charge on any atom is 1.00 e. The van der Waals surface area contributed by atoms with Gasteiger partial charge in [0.15, 0.2) is 5.16 Å². The van der Waals surface area contributed by atoms with Crippen LogP contribution in [0.1, 0.15) is 23.8 Å². The Labute approximate surface area is 160 Å². The maximum atomic E-state index is 11.9. The fourth-order valence-corrected chi connectivity index (χ4v) is 2.45. The van der Waals surface area contributed by atoms with E-state index in [1.54, 1.807) is 6.20 Å². The Balaban J connectivity index is 0.00000180. The van der Waals surface area contributed by atoms with E-state index in [-0.39, 0.29) is 51.4 Å². The van der Waals surface area contributed by atoms with Gasteiger partial charge in [0.1, 0.15) is 0 Å². The van der Waals surface area contributed by atoms with E-state index in [1.807, 2.05) is 43.3 Å². The van der Waals surface area contributed by atoms with Crippen LogP contribution in [0.25, 0.3) is 0 Å². The first-order valence-electron chi connectivity index (χ1n) is 5.89. The summed E-state index contributed by atoms with van der Waals surface area (Å²) in [6.07, 6.45) is 1.67. The van der Waals surface area contributed by atoms with Crippen molar-refractivity contribution in [1.29, 1.82) is 0 Å². The number of hydrogen-bond donors (Lipinski definition) is 0. The molecule has 0 saturated carbocycles. The van der Waals surface area contributed by atoms with Gasteiger partial charge in [0.2, 0.25) is 0 Å². The Morgan fingerprint density at radius 2 is 1.95 bits per heavy atom. The van der Waals surface area contributed by atoms with Crippen LogP contribution in [0.4, 0.5) is 0 Å². The van der Waals surface area contributed by atoms with Crippen LogP contribution in [0.5, 0.6) is 0 Å². The standard InChI is InChI=1S/C14H15N2OS.K/c1-11-7-9-15-14(16-11)18-10-8-13(17)12-5-3-2-4-6-12;/h2-7,9,13H,8,10H2,1H3;/q-1;+1. The van der Waals surface area contributed by atoms with Crippen LogP contribution in [-0.4, -0.2) is 15.7 Å². The van der Waals surface area contributed by atoms with Crippen molar-refractivity contribution < 1.29 is 56.5 Å². The normalized spacial score (nSPS) is 11.7. The molecule has 1 unspecified atom stereocenters. The fraction of sp³-hybridized carbons (Fsp3) is 0.286. The van der Waals surface area contributed by atoms with Crippen molar-refractivity contribution >= 4 is 11.8 Å². The van der Waals surface area contributed by atoms with E-state index in [1.165, 1.54) is 11.8 Å². The van der Waals surface area contributed by atoms with Gasteiger partial charge in [-0.3, -0.25) is 0 Å². The molecule has 3 nitrogen and oxygen atoms in total. The number of nitrogens with zero attached hydrogens (tertiary/aromatic N) is 2. The molecule has 1 aromatic heterocycles. The Bertz CT molecular complexity index is 496. The molecule has 0 amide bonds. The van der Waals surface area contributed by atoms with Gasteiger partial charge in [-0.15, -0.1) is 0 Å². The molecule has 0 aliphatic rings. The number of thioether (sulfide) groups is 1. The van der Waals surface area contributed by atoms with Gasteiger partial charge in [0.05, 0.1) is 0 Å². The number of benzene rings is 1. The third-order valence-corrected chi connectivity index (χ3v) is 3.45. The van der Waals surface area contributed by atoms with Crippen LogP contribution in [0.3, 0.4) is 0 Å². The van der Waals surface area contributed by atoms with Crippen molar-refractivity contribution in [3.8, 4) is 0 Å². The monoisotopic (exact) mass is 298 g/mol. The van der Waals surface area contributed by atoms with Crippen molar-refractivity contribution in [2.24, 2.45) is 0 Å². The van der Waals surface area contributed by atoms with Crippen LogP contribution >= 0.6 is 11.8 Å². The Hall–Kier alpha value is 0.246. The van der Waals surface area contributed by atoms with Crippen LogP contribution in [0, 0.1) is 6.92 Å². The zero-order valence-electron chi connectivity index (χ0n) is 11.2. The zero-order valence-corrected chi connectivity index (χ0v) is 15.2. The predicted octanol–water partition coefficient (Wildman–Crippen LogP) is -0.627. The second-order valence-corrected chi connectivity index (χ2v) is 5.08. The van der Waals surface area contributed by atoms with Gasteiger partial charge in [-0.25, -0.2) is 9.97 Å². The van der Waals surface area contributed by atoms with E-state index in [0.717, 1.165) is 22.2 Å². The molecule has 0 aliphatic carbocycles. The SMILES string of the molecule is Cc1ccnc(SCCC([O-])c2ccccc2)n1.[K+]. The summed E-state index contributed by atoms with van der Waals surface area (Å²) >= 11 is 1.54. The molecule has 0 aliphatic heterocycles. The van der Waals surface area contributed by atoms with Crippen molar-refractivity contribution in [3.63, 3.8) is 0 Å². The summed E-state index contributed by atoms with van der Waals surface area (Å²) in [7, 11) is 0. The minimum absolute atomic E-state index is 0. The minimum Gasteiger partial charge on any atom is -0.849 e. The molecule has 1 atom stereocenters. The van der Waals surface area contributed by atoms with Gasteiger partial charge in [0, 0.05) is 17.6 Å². The molecule has 5 heteroatoms. The summed E-state index contributed by atoms with van der Waals surface area (Å²) in [5.74, 6) is 0.743. The van der Waals surface area contributed by atoms with E-state index in [9.17, 15) is 5.11 Å². The molecule has 94 valence electrons. The van der Waals surface area contributed by atoms with E-state index in [2.05, 4.69) is 9.97 Å². The molecule has 1 aromatic carbocycles. The van der Waals surface area contributed by atoms with E-state index in [0.29, 0.717) is 6.42 Å². The molecular formula is C14H15KN2OS. The summed E-state index contributed by atoms with van der Waals surface area (Å²) in [5, 5.41) is 12.7. The quantitative estimate of drug-likeness (QED) is 0.419. The first-order chi connectivity index (χ1) is 8.75. The molecular weight excluding hydrogens is 283 g/mol. The predicted molar refractivity (Wildman–Crippen MR) is 71.3 cm³/mol. The summed E-state index contributed by atoms with van der Waals surface area (Å²) in [6, 6.07) is 11.3. The van der Waals surface area contributed by atoms with Crippen molar-refractivity contribution in [2.45, 2.75) is 24.6 Å². The summed E-state index contributed by atoms with van der Waals surface area (Å²) in [6.45, 7) is 1.94. The molecule has 2 rings (SSSR count). The first-order valence-corrected chi connectivity index (χ1v) is 6.87. The molecule has 2 aromatic rings. The second-order valence-electron chi connectivity index (χ2n) is 4.02. The average Bonchev–Trinajstić information content (AvgIpc) is 2.40. The Morgan fingerprint density at radius 1 is 1.21 bits per heavy atom. The van der Waals surface area contributed by atoms with E-state index >= 15 is 0 Å². The molecule has 1 heterocycles. The fourth-order valence-electron chi connectivity index (χ4n) is 1.59. The minimum atomic E-state index is -0.663. The largest absolute Gasteiger partial charge is 1.00 e. The number of aromatic nitrogens is 2. The average molecular weight is 298 g/mol. The molecule has 0 N–H and O–H groups in total. The van der Waals surface area contributed by atoms with Crippen molar-refractivity contribution in [1.82, 2.24) is 9.97 Å². The van der Waals surface area contributed by atoms with Crippen molar-refractivity contribution in [2.75, 3.05) is 5.75 Å². The van der Waals surface area contributed by atoms with Gasteiger partial charge >= 0.3 is 51.4 Å². The smallest absolute Gasteiger partial charge is 0.849 e. The van der Waals surface area contributed by atoms with Gasteiger partial charge in [0.25, 0.3) is 0 Å². The Morgan fingerprint density at radius 3 is 2.63 bits per heavy atom. The van der Waals surface area contributed by atoms with E-state index in [4.69, 9.17) is 0 Å². The summed E-state index contributed by atoms with van der Waals surface area (Å²) in [4.78, 5) is 8.45. The molecule has 0 radical (unpaired) electrons. The van der Waals surface area contributed by atoms with Gasteiger partial charge in [-0.2, -0.15) is 0 Å². The molecule has 0 spiro atoms. The third-order valence-electron chi connectivity index (χ3n) is 2.56. The van der Waals surface area contributed by atoms with Crippen LogP contribution < -0.4 is 56.5 Å². The molecule has 0 saturated heterocycles. The van der Waals surface area contributed by atoms with Crippen LogP contribution in [0.15, 0.2) is 47.8 Å². The molecule has 0 fully saturated rings. The Kier molecular flexibility index (Phi) is 8.40.